The number of hydrogen-bond donors (Lipinski definition) is 1. The Balaban J connectivity index is 1.71. The van der Waals surface area contributed by atoms with Crippen LogP contribution in [0.4, 0.5) is 5.69 Å². The Kier molecular flexibility index (Phi) is 5.50. The van der Waals surface area contributed by atoms with Gasteiger partial charge in [0, 0.05) is 34.9 Å². The number of hydrogen-bond acceptors (Lipinski definition) is 4. The Morgan fingerprint density at radius 3 is 2.63 bits per heavy atom. The number of nitrogens with zero attached hydrogens (tertiary/aromatic N) is 2. The van der Waals surface area contributed by atoms with Crippen LogP contribution < -0.4 is 10.1 Å². The third-order valence-electron chi connectivity index (χ3n) is 4.72. The van der Waals surface area contributed by atoms with Gasteiger partial charge in [-0.15, -0.1) is 0 Å². The highest BCUT2D eigenvalue weighted by Gasteiger charge is 2.22. The monoisotopic (exact) mass is 419 g/mol. The molecule has 0 aliphatic heterocycles. The van der Waals surface area contributed by atoms with Gasteiger partial charge in [-0.05, 0) is 48.0 Å². The molecule has 150 valence electrons. The molecule has 7 heteroatoms. The lowest BCUT2D eigenvalue weighted by Gasteiger charge is -2.06. The molecule has 2 heterocycles. The summed E-state index contributed by atoms with van der Waals surface area (Å²) in [5, 5.41) is 3.90. The molecular weight excluding hydrogens is 402 g/mol. The van der Waals surface area contributed by atoms with Crippen molar-refractivity contribution < 1.29 is 14.3 Å². The van der Waals surface area contributed by atoms with Crippen molar-refractivity contribution in [2.75, 3.05) is 12.4 Å². The van der Waals surface area contributed by atoms with Crippen LogP contribution in [0, 0.1) is 0 Å². The molecule has 4 aromatic rings. The molecule has 0 spiro atoms. The van der Waals surface area contributed by atoms with Crippen molar-refractivity contribution in [3.8, 4) is 5.75 Å². The van der Waals surface area contributed by atoms with E-state index in [4.69, 9.17) is 16.3 Å². The van der Waals surface area contributed by atoms with Gasteiger partial charge >= 0.3 is 0 Å². The normalized spacial score (nSPS) is 10.7. The lowest BCUT2D eigenvalue weighted by atomic mass is 10.1. The number of benzene rings is 2. The maximum Gasteiger partial charge on any atom is 0.296 e. The molecule has 0 bridgehead atoms. The number of halogens is 1. The van der Waals surface area contributed by atoms with Gasteiger partial charge in [0.1, 0.15) is 5.75 Å². The van der Waals surface area contributed by atoms with Crippen LogP contribution in [0.1, 0.15) is 15.9 Å². The minimum absolute atomic E-state index is 0.305. The minimum Gasteiger partial charge on any atom is -0.497 e. The van der Waals surface area contributed by atoms with Gasteiger partial charge in [0.2, 0.25) is 0 Å². The maximum absolute atomic E-state index is 13.0. The molecule has 30 heavy (non-hydrogen) atoms. The van der Waals surface area contributed by atoms with E-state index in [1.54, 1.807) is 37.7 Å². The number of ketones is 1. The number of anilines is 1. The van der Waals surface area contributed by atoms with Crippen LogP contribution in [0.3, 0.4) is 0 Å². The van der Waals surface area contributed by atoms with Gasteiger partial charge in [0.05, 0.1) is 24.6 Å². The number of Topliss-reactive ketones (excluding diaryl/α,β-unsaturated/α-hetero) is 1. The number of carbonyl (C=O) groups is 2. The number of rotatable bonds is 6. The second kappa shape index (κ2) is 8.39. The second-order valence-corrected chi connectivity index (χ2v) is 7.14. The molecular formula is C23H18ClN3O3. The summed E-state index contributed by atoms with van der Waals surface area (Å²) in [6.45, 7) is 0.525. The lowest BCUT2D eigenvalue weighted by Crippen LogP contribution is -2.22. The Morgan fingerprint density at radius 1 is 1.13 bits per heavy atom. The highest BCUT2D eigenvalue weighted by Crippen LogP contribution is 2.28. The number of nitrogens with one attached hydrogen (secondary N) is 1. The van der Waals surface area contributed by atoms with Crippen molar-refractivity contribution >= 4 is 39.9 Å². The predicted molar refractivity (Wildman–Crippen MR) is 116 cm³/mol. The summed E-state index contributed by atoms with van der Waals surface area (Å²) < 4.78 is 7.24. The molecule has 0 radical (unpaired) electrons. The fourth-order valence-corrected chi connectivity index (χ4v) is 3.37. The fourth-order valence-electron chi connectivity index (χ4n) is 3.25. The molecule has 0 aliphatic rings. The number of ether oxygens (including phenoxy) is 1. The molecule has 1 N–H and O–H groups in total. The molecule has 0 atom stereocenters. The van der Waals surface area contributed by atoms with E-state index < -0.39 is 11.7 Å². The first-order valence-electron chi connectivity index (χ1n) is 9.22. The lowest BCUT2D eigenvalue weighted by molar-refractivity contribution is -0.112. The van der Waals surface area contributed by atoms with E-state index in [9.17, 15) is 9.59 Å². The summed E-state index contributed by atoms with van der Waals surface area (Å²) in [7, 11) is 1.56. The van der Waals surface area contributed by atoms with Crippen LogP contribution in [0.25, 0.3) is 10.9 Å². The number of amides is 1. The molecule has 2 aromatic carbocycles. The van der Waals surface area contributed by atoms with Crippen LogP contribution >= 0.6 is 11.6 Å². The highest BCUT2D eigenvalue weighted by molar-refractivity contribution is 6.48. The zero-order valence-corrected chi connectivity index (χ0v) is 16.9. The van der Waals surface area contributed by atoms with Crippen molar-refractivity contribution in [2.45, 2.75) is 6.54 Å². The van der Waals surface area contributed by atoms with E-state index in [-0.39, 0.29) is 0 Å². The third-order valence-corrected chi connectivity index (χ3v) is 4.98. The van der Waals surface area contributed by atoms with Gasteiger partial charge in [-0.3, -0.25) is 14.6 Å². The standard InChI is InChI=1S/C23H18ClN3O3/c1-30-18-8-9-21-19(11-18)20(14-27(21)13-15-4-6-16(24)7-5-15)22(28)23(29)26-17-3-2-10-25-12-17/h2-12,14H,13H2,1H3,(H,26,29). The Bertz CT molecular complexity index is 1220. The quantitative estimate of drug-likeness (QED) is 0.367. The molecule has 6 nitrogen and oxygen atoms in total. The van der Waals surface area contributed by atoms with E-state index in [1.807, 2.05) is 41.0 Å². The topological polar surface area (TPSA) is 73.2 Å². The largest absolute Gasteiger partial charge is 0.497 e. The van der Waals surface area contributed by atoms with Gasteiger partial charge in [-0.1, -0.05) is 23.7 Å². The average Bonchev–Trinajstić information content (AvgIpc) is 3.13. The van der Waals surface area contributed by atoms with Crippen LogP contribution in [0.5, 0.6) is 5.75 Å². The Labute approximate surface area is 178 Å². The second-order valence-electron chi connectivity index (χ2n) is 6.71. The molecule has 4 rings (SSSR count). The fraction of sp³-hybridized carbons (Fsp3) is 0.0870. The van der Waals surface area contributed by atoms with Gasteiger partial charge in [0.25, 0.3) is 11.7 Å². The van der Waals surface area contributed by atoms with E-state index in [0.29, 0.717) is 34.0 Å². The van der Waals surface area contributed by atoms with Gasteiger partial charge in [-0.2, -0.15) is 0 Å². The van der Waals surface area contributed by atoms with E-state index in [0.717, 1.165) is 11.1 Å². The number of carbonyl (C=O) groups excluding carboxylic acids is 2. The first kappa shape index (κ1) is 19.7. The predicted octanol–water partition coefficient (Wildman–Crippen LogP) is 4.57. The summed E-state index contributed by atoms with van der Waals surface area (Å²) in [5.74, 6) is -0.753. The number of pyridine rings is 1. The first-order valence-corrected chi connectivity index (χ1v) is 9.60. The SMILES string of the molecule is COc1ccc2c(c1)c(C(=O)C(=O)Nc1cccnc1)cn2Cc1ccc(Cl)cc1. The summed E-state index contributed by atoms with van der Waals surface area (Å²) in [4.78, 5) is 29.5. The zero-order chi connectivity index (χ0) is 21.1. The molecule has 0 saturated carbocycles. The summed E-state index contributed by atoms with van der Waals surface area (Å²) in [6, 6.07) is 16.3. The highest BCUT2D eigenvalue weighted by atomic mass is 35.5. The van der Waals surface area contributed by atoms with Crippen molar-refractivity contribution in [1.29, 1.82) is 0 Å². The first-order chi connectivity index (χ1) is 14.5. The van der Waals surface area contributed by atoms with Crippen molar-refractivity contribution in [3.63, 3.8) is 0 Å². The van der Waals surface area contributed by atoms with Crippen molar-refractivity contribution in [2.24, 2.45) is 0 Å². The number of aromatic nitrogens is 2. The van der Waals surface area contributed by atoms with E-state index >= 15 is 0 Å². The molecule has 2 aromatic heterocycles. The van der Waals surface area contributed by atoms with Crippen LogP contribution in [0.15, 0.2) is 73.2 Å². The van der Waals surface area contributed by atoms with Gasteiger partial charge < -0.3 is 14.6 Å². The van der Waals surface area contributed by atoms with E-state index in [2.05, 4.69) is 10.3 Å². The average molecular weight is 420 g/mol. The van der Waals surface area contributed by atoms with Crippen LogP contribution in [-0.4, -0.2) is 28.4 Å². The van der Waals surface area contributed by atoms with E-state index in [1.165, 1.54) is 6.20 Å². The van der Waals surface area contributed by atoms with Crippen molar-refractivity contribution in [3.05, 3.63) is 89.3 Å². The molecule has 0 unspecified atom stereocenters. The maximum atomic E-state index is 13.0. The molecule has 0 saturated heterocycles. The molecule has 0 fully saturated rings. The number of fused-ring (bicyclic) bond motifs is 1. The third kappa shape index (κ3) is 4.04. The van der Waals surface area contributed by atoms with Crippen LogP contribution in [0.2, 0.25) is 5.02 Å². The molecule has 1 amide bonds. The smallest absolute Gasteiger partial charge is 0.296 e. The molecule has 0 aliphatic carbocycles. The zero-order valence-electron chi connectivity index (χ0n) is 16.1. The Hall–Kier alpha value is -3.64. The van der Waals surface area contributed by atoms with Crippen molar-refractivity contribution in [1.82, 2.24) is 9.55 Å². The summed E-state index contributed by atoms with van der Waals surface area (Å²) in [6.07, 6.45) is 4.77. The number of methoxy groups -OCH3 is 1. The van der Waals surface area contributed by atoms with Crippen LogP contribution in [-0.2, 0) is 11.3 Å². The summed E-state index contributed by atoms with van der Waals surface area (Å²) >= 11 is 5.98. The van der Waals surface area contributed by atoms with Gasteiger partial charge in [-0.25, -0.2) is 0 Å². The van der Waals surface area contributed by atoms with Gasteiger partial charge in [0.15, 0.2) is 0 Å². The summed E-state index contributed by atoms with van der Waals surface area (Å²) in [5.41, 5.74) is 2.60. The Morgan fingerprint density at radius 2 is 1.93 bits per heavy atom. The minimum atomic E-state index is -0.726.